The SMILES string of the molecule is CC(=N)NC(=O)c1ccccc1.Cc1cc(C)c(-n2nc(C)nc2-c2ccccc2)c(C)c1. The molecule has 6 nitrogen and oxygen atoms in total. The van der Waals surface area contributed by atoms with E-state index in [1.807, 2.05) is 35.9 Å². The number of amidine groups is 1. The number of aromatic nitrogens is 3. The molecule has 0 atom stereocenters. The predicted molar refractivity (Wildman–Crippen MR) is 133 cm³/mol. The van der Waals surface area contributed by atoms with E-state index in [1.54, 1.807) is 24.3 Å². The molecule has 33 heavy (non-hydrogen) atoms. The number of hydrogen-bond acceptors (Lipinski definition) is 4. The van der Waals surface area contributed by atoms with E-state index in [1.165, 1.54) is 23.6 Å². The van der Waals surface area contributed by atoms with Crippen LogP contribution in [0, 0.1) is 33.1 Å². The molecule has 3 aromatic carbocycles. The third-order valence-electron chi connectivity index (χ3n) is 4.93. The van der Waals surface area contributed by atoms with Crippen LogP contribution < -0.4 is 5.32 Å². The Bertz CT molecular complexity index is 1240. The van der Waals surface area contributed by atoms with E-state index in [0.29, 0.717) is 5.56 Å². The molecule has 0 aliphatic carbocycles. The Morgan fingerprint density at radius 2 is 1.42 bits per heavy atom. The van der Waals surface area contributed by atoms with E-state index in [2.05, 4.69) is 60.4 Å². The normalized spacial score (nSPS) is 10.2. The van der Waals surface area contributed by atoms with Crippen LogP contribution in [0.5, 0.6) is 0 Å². The fourth-order valence-corrected chi connectivity index (χ4v) is 3.68. The summed E-state index contributed by atoms with van der Waals surface area (Å²) in [4.78, 5) is 15.8. The smallest absolute Gasteiger partial charge is 0.256 e. The zero-order valence-electron chi connectivity index (χ0n) is 19.7. The lowest BCUT2D eigenvalue weighted by Crippen LogP contribution is -2.27. The maximum absolute atomic E-state index is 11.2. The molecule has 0 spiro atoms. The van der Waals surface area contributed by atoms with Gasteiger partial charge < -0.3 is 5.32 Å². The van der Waals surface area contributed by atoms with Crippen molar-refractivity contribution in [3.05, 3.63) is 101 Å². The zero-order valence-corrected chi connectivity index (χ0v) is 19.7. The lowest BCUT2D eigenvalue weighted by molar-refractivity contribution is 0.0976. The molecule has 2 N–H and O–H groups in total. The fraction of sp³-hybridized carbons (Fsp3) is 0.185. The third-order valence-corrected chi connectivity index (χ3v) is 4.93. The minimum atomic E-state index is -0.233. The topological polar surface area (TPSA) is 83.7 Å². The van der Waals surface area contributed by atoms with E-state index in [-0.39, 0.29) is 11.7 Å². The molecular formula is C27H29N5O. The molecule has 0 radical (unpaired) electrons. The van der Waals surface area contributed by atoms with Crippen molar-refractivity contribution in [2.24, 2.45) is 0 Å². The maximum atomic E-state index is 11.2. The second-order valence-electron chi connectivity index (χ2n) is 7.95. The summed E-state index contributed by atoms with van der Waals surface area (Å²) in [6.45, 7) is 9.83. The monoisotopic (exact) mass is 439 g/mol. The average Bonchev–Trinajstić information content (AvgIpc) is 3.15. The van der Waals surface area contributed by atoms with Gasteiger partial charge in [-0.1, -0.05) is 66.2 Å². The Balaban J connectivity index is 0.000000218. The molecule has 0 bridgehead atoms. The summed E-state index contributed by atoms with van der Waals surface area (Å²) in [5, 5.41) is 14.1. The van der Waals surface area contributed by atoms with Crippen LogP contribution in [0.2, 0.25) is 0 Å². The van der Waals surface area contributed by atoms with Gasteiger partial charge in [-0.05, 0) is 57.9 Å². The molecule has 1 amide bonds. The quantitative estimate of drug-likeness (QED) is 0.323. The lowest BCUT2D eigenvalue weighted by atomic mass is 10.0. The van der Waals surface area contributed by atoms with Crippen LogP contribution in [-0.2, 0) is 0 Å². The third kappa shape index (κ3) is 6.01. The standard InChI is InChI=1S/C18H19N3.C9H10N2O/c1-12-10-13(2)17(14(3)11-12)21-18(19-15(4)20-21)16-8-6-5-7-9-16;1-7(10)11-9(12)8-5-3-2-4-6-8/h5-11H,1-4H3;2-6H,1H3,(H2,10,11,12). The molecular weight excluding hydrogens is 410 g/mol. The molecule has 0 fully saturated rings. The van der Waals surface area contributed by atoms with E-state index in [9.17, 15) is 4.79 Å². The highest BCUT2D eigenvalue weighted by molar-refractivity contribution is 6.04. The molecule has 168 valence electrons. The van der Waals surface area contributed by atoms with Gasteiger partial charge in [-0.3, -0.25) is 10.2 Å². The largest absolute Gasteiger partial charge is 0.311 e. The van der Waals surface area contributed by atoms with E-state index in [0.717, 1.165) is 22.9 Å². The Morgan fingerprint density at radius 1 is 0.879 bits per heavy atom. The molecule has 0 unspecified atom stereocenters. The number of aryl methyl sites for hydroxylation is 4. The Kier molecular flexibility index (Phi) is 7.51. The van der Waals surface area contributed by atoms with Crippen LogP contribution in [0.3, 0.4) is 0 Å². The molecule has 0 saturated heterocycles. The number of nitrogens with zero attached hydrogens (tertiary/aromatic N) is 3. The van der Waals surface area contributed by atoms with Crippen molar-refractivity contribution in [3.63, 3.8) is 0 Å². The van der Waals surface area contributed by atoms with Gasteiger partial charge in [0.05, 0.1) is 11.5 Å². The van der Waals surface area contributed by atoms with E-state index < -0.39 is 0 Å². The maximum Gasteiger partial charge on any atom is 0.256 e. The summed E-state index contributed by atoms with van der Waals surface area (Å²) in [5.74, 6) is 1.60. The summed E-state index contributed by atoms with van der Waals surface area (Å²) >= 11 is 0. The van der Waals surface area contributed by atoms with Gasteiger partial charge in [0.1, 0.15) is 5.82 Å². The van der Waals surface area contributed by atoms with Gasteiger partial charge >= 0.3 is 0 Å². The molecule has 4 aromatic rings. The summed E-state index contributed by atoms with van der Waals surface area (Å²) in [6, 6.07) is 23.4. The average molecular weight is 440 g/mol. The van der Waals surface area contributed by atoms with Crippen molar-refractivity contribution in [2.45, 2.75) is 34.6 Å². The molecule has 1 heterocycles. The Hall–Kier alpha value is -4.06. The van der Waals surface area contributed by atoms with Crippen molar-refractivity contribution in [1.29, 1.82) is 5.41 Å². The van der Waals surface area contributed by atoms with Crippen LogP contribution in [0.25, 0.3) is 17.1 Å². The van der Waals surface area contributed by atoms with Crippen LogP contribution in [0.15, 0.2) is 72.8 Å². The molecule has 6 heteroatoms. The summed E-state index contributed by atoms with van der Waals surface area (Å²) < 4.78 is 1.97. The van der Waals surface area contributed by atoms with Gasteiger partial charge in [-0.2, -0.15) is 5.10 Å². The highest BCUT2D eigenvalue weighted by Crippen LogP contribution is 2.26. The second kappa shape index (κ2) is 10.5. The van der Waals surface area contributed by atoms with Crippen molar-refractivity contribution in [1.82, 2.24) is 20.1 Å². The number of benzene rings is 3. The van der Waals surface area contributed by atoms with Crippen molar-refractivity contribution >= 4 is 11.7 Å². The van der Waals surface area contributed by atoms with Gasteiger partial charge in [0.15, 0.2) is 5.82 Å². The summed E-state index contributed by atoms with van der Waals surface area (Å²) in [6.07, 6.45) is 0. The summed E-state index contributed by atoms with van der Waals surface area (Å²) in [5.41, 5.74) is 6.48. The van der Waals surface area contributed by atoms with E-state index in [4.69, 9.17) is 5.41 Å². The fourth-order valence-electron chi connectivity index (χ4n) is 3.68. The minimum absolute atomic E-state index is 0.156. The Labute approximate surface area is 194 Å². The first kappa shape index (κ1) is 23.6. The first-order valence-electron chi connectivity index (χ1n) is 10.7. The van der Waals surface area contributed by atoms with Gasteiger partial charge in [0.25, 0.3) is 5.91 Å². The first-order valence-corrected chi connectivity index (χ1v) is 10.7. The van der Waals surface area contributed by atoms with Crippen LogP contribution in [0.4, 0.5) is 0 Å². The number of carbonyl (C=O) groups is 1. The summed E-state index contributed by atoms with van der Waals surface area (Å²) in [7, 11) is 0. The number of carbonyl (C=O) groups excluding carboxylic acids is 1. The second-order valence-corrected chi connectivity index (χ2v) is 7.95. The van der Waals surface area contributed by atoms with Crippen molar-refractivity contribution in [3.8, 4) is 17.1 Å². The number of amides is 1. The molecule has 0 aliphatic heterocycles. The highest BCUT2D eigenvalue weighted by atomic mass is 16.1. The van der Waals surface area contributed by atoms with Gasteiger partial charge in [0.2, 0.25) is 0 Å². The van der Waals surface area contributed by atoms with Crippen LogP contribution >= 0.6 is 0 Å². The van der Waals surface area contributed by atoms with Crippen LogP contribution in [0.1, 0.15) is 39.8 Å². The number of nitrogens with one attached hydrogen (secondary N) is 2. The number of hydrogen-bond donors (Lipinski definition) is 2. The molecule has 1 aromatic heterocycles. The van der Waals surface area contributed by atoms with E-state index >= 15 is 0 Å². The van der Waals surface area contributed by atoms with Crippen molar-refractivity contribution in [2.75, 3.05) is 0 Å². The molecule has 4 rings (SSSR count). The first-order chi connectivity index (χ1) is 15.8. The van der Waals surface area contributed by atoms with Gasteiger partial charge in [0, 0.05) is 11.1 Å². The Morgan fingerprint density at radius 3 is 1.97 bits per heavy atom. The highest BCUT2D eigenvalue weighted by Gasteiger charge is 2.15. The predicted octanol–water partition coefficient (Wildman–Crippen LogP) is 5.58. The molecule has 0 saturated carbocycles. The van der Waals surface area contributed by atoms with Gasteiger partial charge in [-0.25, -0.2) is 9.67 Å². The van der Waals surface area contributed by atoms with Crippen molar-refractivity contribution < 1.29 is 4.79 Å². The zero-order chi connectivity index (χ0) is 24.0. The number of rotatable bonds is 3. The van der Waals surface area contributed by atoms with Crippen LogP contribution in [-0.4, -0.2) is 26.5 Å². The minimum Gasteiger partial charge on any atom is -0.311 e. The van der Waals surface area contributed by atoms with Gasteiger partial charge in [-0.15, -0.1) is 0 Å². The molecule has 0 aliphatic rings. The lowest BCUT2D eigenvalue weighted by Gasteiger charge is -2.13.